The molecule has 0 amide bonds. The Morgan fingerprint density at radius 3 is 1.33 bits per heavy atom. The van der Waals surface area contributed by atoms with Crippen LogP contribution >= 0.6 is 0 Å². The van der Waals surface area contributed by atoms with Crippen molar-refractivity contribution in [2.24, 2.45) is 0 Å². The zero-order chi connectivity index (χ0) is 38.2. The van der Waals surface area contributed by atoms with E-state index in [1.807, 2.05) is 12.1 Å². The van der Waals surface area contributed by atoms with Crippen molar-refractivity contribution in [3.63, 3.8) is 0 Å². The molecule has 0 aliphatic carbocycles. The number of nitrogens with zero attached hydrogens (tertiary/aromatic N) is 4. The Bertz CT molecular complexity index is 3530. The Morgan fingerprint density at radius 1 is 0.293 bits per heavy atom. The van der Waals surface area contributed by atoms with Gasteiger partial charge in [-0.15, -0.1) is 0 Å². The Balaban J connectivity index is 1.09. The lowest BCUT2D eigenvalue weighted by atomic mass is 9.98. The lowest BCUT2D eigenvalue weighted by molar-refractivity contribution is 1.15. The average molecular weight is 739 g/mol. The Hall–Kier alpha value is -7.82. The number of benzene rings is 9. The lowest BCUT2D eigenvalue weighted by Gasteiger charge is -2.14. The number of hydrogen-bond donors (Lipinski definition) is 0. The molecule has 12 aromatic rings. The SMILES string of the molecule is c1ccc(-c2ccc(-c3nc(-c4ccc(-n5c6ccccc6c6c7ccccc7c7c8ccccc8n(-c8ccccc8)c7c65)cc4)nc4ccccc34)cc2)cc1. The Morgan fingerprint density at radius 2 is 0.724 bits per heavy atom. The van der Waals surface area contributed by atoms with Crippen LogP contribution in [-0.4, -0.2) is 19.1 Å². The van der Waals surface area contributed by atoms with Crippen LogP contribution in [0.5, 0.6) is 0 Å². The molecule has 0 spiro atoms. The summed E-state index contributed by atoms with van der Waals surface area (Å²) >= 11 is 0. The van der Waals surface area contributed by atoms with E-state index < -0.39 is 0 Å². The van der Waals surface area contributed by atoms with Crippen molar-refractivity contribution in [3.05, 3.63) is 206 Å². The molecule has 0 N–H and O–H groups in total. The summed E-state index contributed by atoms with van der Waals surface area (Å²) in [6.45, 7) is 0. The van der Waals surface area contributed by atoms with Gasteiger partial charge in [-0.05, 0) is 76.5 Å². The molecule has 4 heteroatoms. The van der Waals surface area contributed by atoms with Crippen molar-refractivity contribution in [2.75, 3.05) is 0 Å². The highest BCUT2D eigenvalue weighted by Gasteiger charge is 2.24. The summed E-state index contributed by atoms with van der Waals surface area (Å²) in [6, 6.07) is 73.6. The van der Waals surface area contributed by atoms with E-state index in [1.54, 1.807) is 0 Å². The molecule has 0 aliphatic heterocycles. The second-order valence-electron chi connectivity index (χ2n) is 14.9. The number of para-hydroxylation sites is 4. The maximum atomic E-state index is 5.26. The highest BCUT2D eigenvalue weighted by atomic mass is 15.0. The first-order chi connectivity index (χ1) is 28.8. The van der Waals surface area contributed by atoms with Crippen LogP contribution in [0, 0.1) is 0 Å². The quantitative estimate of drug-likeness (QED) is 0.176. The predicted molar refractivity (Wildman–Crippen MR) is 242 cm³/mol. The van der Waals surface area contributed by atoms with E-state index in [9.17, 15) is 0 Å². The van der Waals surface area contributed by atoms with Crippen LogP contribution in [0.15, 0.2) is 206 Å². The number of hydrogen-bond acceptors (Lipinski definition) is 2. The van der Waals surface area contributed by atoms with Crippen LogP contribution in [0.4, 0.5) is 0 Å². The minimum atomic E-state index is 0.701. The average Bonchev–Trinajstić information content (AvgIpc) is 3.84. The van der Waals surface area contributed by atoms with E-state index in [1.165, 1.54) is 60.0 Å². The minimum Gasteiger partial charge on any atom is -0.307 e. The number of fused-ring (bicyclic) bond motifs is 11. The third kappa shape index (κ3) is 4.88. The summed E-state index contributed by atoms with van der Waals surface area (Å²) in [7, 11) is 0. The van der Waals surface area contributed by atoms with Gasteiger partial charge in [0.1, 0.15) is 0 Å². The fourth-order valence-electron chi connectivity index (χ4n) is 9.14. The molecule has 270 valence electrons. The molecule has 4 nitrogen and oxygen atoms in total. The van der Waals surface area contributed by atoms with E-state index in [-0.39, 0.29) is 0 Å². The fourth-order valence-corrected chi connectivity index (χ4v) is 9.14. The van der Waals surface area contributed by atoms with Crippen molar-refractivity contribution in [1.29, 1.82) is 0 Å². The van der Waals surface area contributed by atoms with Gasteiger partial charge >= 0.3 is 0 Å². The Kier molecular flexibility index (Phi) is 7.20. The van der Waals surface area contributed by atoms with Crippen molar-refractivity contribution >= 4 is 65.3 Å². The maximum absolute atomic E-state index is 5.26. The molecule has 0 bridgehead atoms. The largest absolute Gasteiger partial charge is 0.307 e. The van der Waals surface area contributed by atoms with Gasteiger partial charge in [0.05, 0.1) is 33.3 Å². The van der Waals surface area contributed by atoms with Crippen LogP contribution in [0.2, 0.25) is 0 Å². The molecule has 0 radical (unpaired) electrons. The molecular formula is C54H34N4. The molecule has 0 atom stereocenters. The normalized spacial score (nSPS) is 11.8. The smallest absolute Gasteiger partial charge is 0.160 e. The molecule has 0 saturated heterocycles. The highest BCUT2D eigenvalue weighted by molar-refractivity contribution is 6.36. The van der Waals surface area contributed by atoms with Crippen LogP contribution < -0.4 is 0 Å². The summed E-state index contributed by atoms with van der Waals surface area (Å²) in [5.74, 6) is 0.701. The van der Waals surface area contributed by atoms with Gasteiger partial charge in [0.2, 0.25) is 0 Å². The monoisotopic (exact) mass is 738 g/mol. The van der Waals surface area contributed by atoms with Gasteiger partial charge in [0.15, 0.2) is 5.82 Å². The zero-order valence-corrected chi connectivity index (χ0v) is 31.4. The first kappa shape index (κ1) is 32.4. The molecule has 3 heterocycles. The fraction of sp³-hybridized carbons (Fsp3) is 0. The van der Waals surface area contributed by atoms with Gasteiger partial charge in [-0.25, -0.2) is 9.97 Å². The van der Waals surface area contributed by atoms with Gasteiger partial charge in [0.25, 0.3) is 0 Å². The lowest BCUT2D eigenvalue weighted by Crippen LogP contribution is -1.99. The topological polar surface area (TPSA) is 35.6 Å². The van der Waals surface area contributed by atoms with Gasteiger partial charge in [-0.1, -0.05) is 152 Å². The van der Waals surface area contributed by atoms with Crippen molar-refractivity contribution in [1.82, 2.24) is 19.1 Å². The van der Waals surface area contributed by atoms with Crippen LogP contribution in [0.25, 0.3) is 110 Å². The van der Waals surface area contributed by atoms with Crippen molar-refractivity contribution < 1.29 is 0 Å². The molecule has 9 aromatic carbocycles. The summed E-state index contributed by atoms with van der Waals surface area (Å²) < 4.78 is 4.92. The third-order valence-electron chi connectivity index (χ3n) is 11.7. The van der Waals surface area contributed by atoms with Gasteiger partial charge in [-0.2, -0.15) is 0 Å². The van der Waals surface area contributed by atoms with E-state index in [4.69, 9.17) is 9.97 Å². The van der Waals surface area contributed by atoms with E-state index >= 15 is 0 Å². The first-order valence-corrected chi connectivity index (χ1v) is 19.8. The summed E-state index contributed by atoms with van der Waals surface area (Å²) in [5.41, 5.74) is 13.2. The van der Waals surface area contributed by atoms with Crippen molar-refractivity contribution in [3.8, 4) is 45.1 Å². The molecule has 12 rings (SSSR count). The van der Waals surface area contributed by atoms with Crippen LogP contribution in [0.3, 0.4) is 0 Å². The second-order valence-corrected chi connectivity index (χ2v) is 14.9. The Labute approximate surface area is 334 Å². The molecule has 0 aliphatic rings. The summed E-state index contributed by atoms with van der Waals surface area (Å²) in [4.78, 5) is 10.4. The maximum Gasteiger partial charge on any atom is 0.160 e. The molecule has 0 saturated carbocycles. The molecule has 58 heavy (non-hydrogen) atoms. The summed E-state index contributed by atoms with van der Waals surface area (Å²) in [6.07, 6.45) is 0. The molecule has 0 unspecified atom stereocenters. The van der Waals surface area contributed by atoms with E-state index in [0.29, 0.717) is 5.82 Å². The third-order valence-corrected chi connectivity index (χ3v) is 11.7. The van der Waals surface area contributed by atoms with Gasteiger partial charge < -0.3 is 9.13 Å². The van der Waals surface area contributed by atoms with E-state index in [0.717, 1.165) is 44.6 Å². The predicted octanol–water partition coefficient (Wildman–Crippen LogP) is 14.0. The highest BCUT2D eigenvalue weighted by Crippen LogP contribution is 2.46. The molecule has 0 fully saturated rings. The second kappa shape index (κ2) is 12.9. The van der Waals surface area contributed by atoms with Crippen molar-refractivity contribution in [2.45, 2.75) is 0 Å². The van der Waals surface area contributed by atoms with Crippen LogP contribution in [-0.2, 0) is 0 Å². The zero-order valence-electron chi connectivity index (χ0n) is 31.4. The molecule has 3 aromatic heterocycles. The summed E-state index contributed by atoms with van der Waals surface area (Å²) in [5, 5.41) is 8.52. The van der Waals surface area contributed by atoms with Gasteiger partial charge in [-0.3, -0.25) is 0 Å². The number of rotatable bonds is 5. The number of aromatic nitrogens is 4. The minimum absolute atomic E-state index is 0.701. The van der Waals surface area contributed by atoms with Crippen LogP contribution in [0.1, 0.15) is 0 Å². The first-order valence-electron chi connectivity index (χ1n) is 19.8. The standard InChI is InChI=1S/C54H34N4/c1-3-15-35(16-4-1)36-27-29-37(30-28-36)51-43-21-9-12-24-46(43)55-54(56-51)38-31-33-40(34-32-38)58-48-26-14-11-23-45(48)50-42-20-8-7-19-41(42)49-44-22-10-13-25-47(44)57(52(49)53(50)58)39-17-5-2-6-18-39/h1-34H. The molecular weight excluding hydrogens is 705 g/mol. The van der Waals surface area contributed by atoms with E-state index in [2.05, 4.69) is 203 Å². The van der Waals surface area contributed by atoms with Gasteiger partial charge in [0, 0.05) is 49.4 Å².